The number of carboxylic acids is 2. The van der Waals surface area contributed by atoms with Gasteiger partial charge < -0.3 is 15.1 Å². The van der Waals surface area contributed by atoms with Crippen LogP contribution in [0.5, 0.6) is 0 Å². The molecule has 1 saturated heterocycles. The van der Waals surface area contributed by atoms with Crippen molar-refractivity contribution in [3.05, 3.63) is 57.4 Å². The molecular formula is C22H24Cl2N2O4. The molecule has 1 saturated carbocycles. The third-order valence-corrected chi connectivity index (χ3v) is 6.09. The summed E-state index contributed by atoms with van der Waals surface area (Å²) in [4.78, 5) is 29.3. The number of rotatable bonds is 6. The molecule has 0 bridgehead atoms. The van der Waals surface area contributed by atoms with Gasteiger partial charge in [-0.25, -0.2) is 9.59 Å². The van der Waals surface area contributed by atoms with E-state index in [0.29, 0.717) is 28.7 Å². The van der Waals surface area contributed by atoms with E-state index < -0.39 is 11.9 Å². The van der Waals surface area contributed by atoms with Crippen molar-refractivity contribution in [3.63, 3.8) is 0 Å². The highest BCUT2D eigenvalue weighted by Gasteiger charge is 2.26. The summed E-state index contributed by atoms with van der Waals surface area (Å²) < 4.78 is 0. The standard InChI is InChI=1S/C22H24Cl2N2O4/c23-17-9-8-14(11-18(17)24)19(25-15-5-2-1-3-6-15)12-16-7-4-10-26(16)20(22(29)30)13-21(27)28/h8-9,11-13,15H,1-7,10H2,(H,27,28)(H,29,30). The number of aliphatic carboxylic acids is 2. The fourth-order valence-electron chi connectivity index (χ4n) is 3.91. The molecule has 1 aliphatic heterocycles. The zero-order valence-electron chi connectivity index (χ0n) is 16.5. The van der Waals surface area contributed by atoms with Crippen molar-refractivity contribution >= 4 is 40.9 Å². The minimum absolute atomic E-state index is 0.198. The summed E-state index contributed by atoms with van der Waals surface area (Å²) in [6.45, 7) is 0.440. The highest BCUT2D eigenvalue weighted by Crippen LogP contribution is 2.29. The van der Waals surface area contributed by atoms with Crippen molar-refractivity contribution in [3.8, 4) is 0 Å². The van der Waals surface area contributed by atoms with Crippen molar-refractivity contribution in [1.82, 2.24) is 4.90 Å². The van der Waals surface area contributed by atoms with Gasteiger partial charge in [-0.1, -0.05) is 48.5 Å². The van der Waals surface area contributed by atoms with Crippen molar-refractivity contribution < 1.29 is 19.8 Å². The van der Waals surface area contributed by atoms with Gasteiger partial charge in [0.15, 0.2) is 0 Å². The van der Waals surface area contributed by atoms with Crippen LogP contribution >= 0.6 is 23.2 Å². The maximum Gasteiger partial charge on any atom is 0.352 e. The first-order valence-electron chi connectivity index (χ1n) is 10.0. The third kappa shape index (κ3) is 5.64. The molecule has 0 amide bonds. The number of benzene rings is 1. The molecule has 160 valence electrons. The second-order valence-electron chi connectivity index (χ2n) is 7.50. The second-order valence-corrected chi connectivity index (χ2v) is 8.31. The van der Waals surface area contributed by atoms with E-state index in [4.69, 9.17) is 33.3 Å². The van der Waals surface area contributed by atoms with Crippen LogP contribution in [0.4, 0.5) is 0 Å². The van der Waals surface area contributed by atoms with Crippen LogP contribution in [0.2, 0.25) is 10.0 Å². The lowest BCUT2D eigenvalue weighted by atomic mass is 9.95. The molecule has 3 rings (SSSR count). The van der Waals surface area contributed by atoms with E-state index in [-0.39, 0.29) is 11.7 Å². The maximum absolute atomic E-state index is 11.7. The van der Waals surface area contributed by atoms with Gasteiger partial charge in [0.1, 0.15) is 5.70 Å². The number of halogens is 2. The van der Waals surface area contributed by atoms with Crippen LogP contribution < -0.4 is 0 Å². The number of likely N-dealkylation sites (tertiary alicyclic amines) is 1. The normalized spacial score (nSPS) is 20.1. The van der Waals surface area contributed by atoms with E-state index in [1.165, 1.54) is 6.42 Å². The van der Waals surface area contributed by atoms with Gasteiger partial charge in [0.2, 0.25) is 0 Å². The van der Waals surface area contributed by atoms with Gasteiger partial charge in [0.25, 0.3) is 0 Å². The molecule has 1 aromatic rings. The molecule has 0 unspecified atom stereocenters. The topological polar surface area (TPSA) is 90.2 Å². The SMILES string of the molecule is O=C(O)C=C(C(=O)O)N1CCCC1=CC(=NC1CCCCC1)c1ccc(Cl)c(Cl)c1. The molecule has 8 heteroatoms. The average Bonchev–Trinajstić information content (AvgIpc) is 3.16. The van der Waals surface area contributed by atoms with Gasteiger partial charge >= 0.3 is 11.9 Å². The largest absolute Gasteiger partial charge is 0.478 e. The Morgan fingerprint density at radius 2 is 1.80 bits per heavy atom. The minimum Gasteiger partial charge on any atom is -0.478 e. The van der Waals surface area contributed by atoms with Crippen molar-refractivity contribution in [1.29, 1.82) is 0 Å². The van der Waals surface area contributed by atoms with Crippen molar-refractivity contribution in [2.45, 2.75) is 51.0 Å². The summed E-state index contributed by atoms with van der Waals surface area (Å²) >= 11 is 12.3. The maximum atomic E-state index is 11.7. The summed E-state index contributed by atoms with van der Waals surface area (Å²) in [6, 6.07) is 5.52. The monoisotopic (exact) mass is 450 g/mol. The lowest BCUT2D eigenvalue weighted by molar-refractivity contribution is -0.136. The Bertz CT molecular complexity index is 918. The molecule has 0 aromatic heterocycles. The van der Waals surface area contributed by atoms with Gasteiger partial charge in [-0.15, -0.1) is 0 Å². The zero-order chi connectivity index (χ0) is 21.7. The van der Waals surface area contributed by atoms with Crippen LogP contribution in [0.15, 0.2) is 46.7 Å². The van der Waals surface area contributed by atoms with Crippen LogP contribution in [-0.2, 0) is 9.59 Å². The Balaban J connectivity index is 2.02. The Morgan fingerprint density at radius 3 is 2.43 bits per heavy atom. The van der Waals surface area contributed by atoms with E-state index in [0.717, 1.165) is 49.4 Å². The van der Waals surface area contributed by atoms with E-state index in [2.05, 4.69) is 0 Å². The van der Waals surface area contributed by atoms with E-state index >= 15 is 0 Å². The number of aliphatic imine (C=N–C) groups is 1. The Morgan fingerprint density at radius 1 is 1.07 bits per heavy atom. The van der Waals surface area contributed by atoms with Crippen molar-refractivity contribution in [2.24, 2.45) is 4.99 Å². The second kappa shape index (κ2) is 10.1. The molecule has 0 atom stereocenters. The van der Waals surface area contributed by atoms with Crippen LogP contribution in [0.1, 0.15) is 50.5 Å². The fourth-order valence-corrected chi connectivity index (χ4v) is 4.21. The number of hydrogen-bond donors (Lipinski definition) is 2. The van der Waals surface area contributed by atoms with E-state index in [1.807, 2.05) is 12.1 Å². The number of carboxylic acid groups (broad SMARTS) is 2. The predicted octanol–water partition coefficient (Wildman–Crippen LogP) is 5.15. The summed E-state index contributed by atoms with van der Waals surface area (Å²) in [5.74, 6) is -2.57. The molecule has 2 fully saturated rings. The molecule has 2 N–H and O–H groups in total. The van der Waals surface area contributed by atoms with Gasteiger partial charge in [-0.2, -0.15) is 0 Å². The first-order chi connectivity index (χ1) is 14.3. The molecule has 1 aromatic carbocycles. The highest BCUT2D eigenvalue weighted by molar-refractivity contribution is 6.42. The molecule has 2 aliphatic rings. The summed E-state index contributed by atoms with van der Waals surface area (Å²) in [7, 11) is 0. The van der Waals surface area contributed by atoms with E-state index in [9.17, 15) is 14.7 Å². The first-order valence-corrected chi connectivity index (χ1v) is 10.8. The third-order valence-electron chi connectivity index (χ3n) is 5.35. The lowest BCUT2D eigenvalue weighted by Gasteiger charge is -2.22. The Labute approximate surface area is 185 Å². The molecule has 30 heavy (non-hydrogen) atoms. The van der Waals surface area contributed by atoms with Crippen LogP contribution in [0.25, 0.3) is 0 Å². The number of nitrogens with zero attached hydrogens (tertiary/aromatic N) is 2. The Hall–Kier alpha value is -2.31. The number of allylic oxidation sites excluding steroid dienone is 2. The molecule has 1 aliphatic carbocycles. The van der Waals surface area contributed by atoms with Gasteiger partial charge in [-0.3, -0.25) is 4.99 Å². The highest BCUT2D eigenvalue weighted by atomic mass is 35.5. The smallest absolute Gasteiger partial charge is 0.352 e. The van der Waals surface area contributed by atoms with Gasteiger partial charge in [-0.05, 0) is 43.9 Å². The van der Waals surface area contributed by atoms with Crippen LogP contribution in [-0.4, -0.2) is 45.3 Å². The first kappa shape index (κ1) is 22.4. The summed E-state index contributed by atoms with van der Waals surface area (Å²) in [6.07, 6.45) is 9.47. The summed E-state index contributed by atoms with van der Waals surface area (Å²) in [5, 5.41) is 19.5. The quantitative estimate of drug-likeness (QED) is 0.461. The van der Waals surface area contributed by atoms with E-state index in [1.54, 1.807) is 17.0 Å². The molecule has 0 radical (unpaired) electrons. The number of hydrogen-bond acceptors (Lipinski definition) is 4. The minimum atomic E-state index is -1.29. The fraction of sp³-hybridized carbons (Fsp3) is 0.409. The number of carbonyl (C=O) groups is 2. The van der Waals surface area contributed by atoms with Crippen LogP contribution in [0, 0.1) is 0 Å². The summed E-state index contributed by atoms with van der Waals surface area (Å²) in [5.41, 5.74) is 1.98. The molecule has 0 spiro atoms. The average molecular weight is 451 g/mol. The molecular weight excluding hydrogens is 427 g/mol. The zero-order valence-corrected chi connectivity index (χ0v) is 18.0. The predicted molar refractivity (Wildman–Crippen MR) is 117 cm³/mol. The van der Waals surface area contributed by atoms with Crippen molar-refractivity contribution in [2.75, 3.05) is 6.54 Å². The van der Waals surface area contributed by atoms with Crippen LogP contribution in [0.3, 0.4) is 0 Å². The molecule has 6 nitrogen and oxygen atoms in total. The lowest BCUT2D eigenvalue weighted by Crippen LogP contribution is -2.25. The molecule has 1 heterocycles. The van der Waals surface area contributed by atoms with Gasteiger partial charge in [0.05, 0.1) is 27.9 Å². The Kier molecular flexibility index (Phi) is 7.56. The van der Waals surface area contributed by atoms with Gasteiger partial charge in [0, 0.05) is 17.8 Å².